The van der Waals surface area contributed by atoms with Crippen LogP contribution in [0.2, 0.25) is 0 Å². The molecule has 7 nitrogen and oxygen atoms in total. The molecule has 0 radical (unpaired) electrons. The highest BCUT2D eigenvalue weighted by Gasteiger charge is 2.00. The average Bonchev–Trinajstić information content (AvgIpc) is 2.79. The van der Waals surface area contributed by atoms with Crippen LogP contribution in [0.1, 0.15) is 5.82 Å². The summed E-state index contributed by atoms with van der Waals surface area (Å²) < 4.78 is 4.60. The Morgan fingerprint density at radius 3 is 3.07 bits per heavy atom. The molecule has 0 aliphatic rings. The molecular weight excluding hydrogens is 196 g/mol. The molecule has 15 heavy (non-hydrogen) atoms. The normalized spacial score (nSPS) is 9.93. The van der Waals surface area contributed by atoms with E-state index in [2.05, 4.69) is 35.3 Å². The first-order valence-corrected chi connectivity index (χ1v) is 4.38. The third kappa shape index (κ3) is 2.39. The maximum Gasteiger partial charge on any atom is 0.224 e. The zero-order chi connectivity index (χ0) is 10.5. The van der Waals surface area contributed by atoms with Crippen LogP contribution in [0, 0.1) is 0 Å². The molecule has 2 aromatic heterocycles. The minimum Gasteiger partial charge on any atom is -0.362 e. The fourth-order valence-electron chi connectivity index (χ4n) is 1.02. The van der Waals surface area contributed by atoms with Crippen molar-refractivity contribution in [2.24, 2.45) is 0 Å². The van der Waals surface area contributed by atoms with E-state index in [4.69, 9.17) is 0 Å². The third-order valence-corrected chi connectivity index (χ3v) is 1.71. The van der Waals surface area contributed by atoms with E-state index in [9.17, 15) is 0 Å². The van der Waals surface area contributed by atoms with E-state index in [1.807, 2.05) is 0 Å². The lowest BCUT2D eigenvalue weighted by atomic mass is 10.5. The number of rotatable bonds is 4. The number of nitrogens with one attached hydrogen (secondary N) is 2. The van der Waals surface area contributed by atoms with Crippen molar-refractivity contribution >= 4 is 11.8 Å². The van der Waals surface area contributed by atoms with Crippen molar-refractivity contribution in [3.05, 3.63) is 24.5 Å². The van der Waals surface area contributed by atoms with Gasteiger partial charge in [-0.2, -0.15) is 9.97 Å². The zero-order valence-electron chi connectivity index (χ0n) is 8.14. The van der Waals surface area contributed by atoms with Crippen LogP contribution in [0.15, 0.2) is 23.2 Å². The van der Waals surface area contributed by atoms with E-state index >= 15 is 0 Å². The number of nitrogens with zero attached hydrogens (tertiary/aromatic N) is 4. The molecule has 2 N–H and O–H groups in total. The predicted octanol–water partition coefficient (Wildman–Crippen LogP) is 0.513. The van der Waals surface area contributed by atoms with Gasteiger partial charge in [-0.25, -0.2) is 4.98 Å². The van der Waals surface area contributed by atoms with Crippen LogP contribution in [-0.2, 0) is 6.54 Å². The third-order valence-electron chi connectivity index (χ3n) is 1.71. The van der Waals surface area contributed by atoms with Crippen molar-refractivity contribution in [1.82, 2.24) is 20.1 Å². The molecule has 78 valence electrons. The Balaban J connectivity index is 1.98. The van der Waals surface area contributed by atoms with Crippen LogP contribution in [0.25, 0.3) is 0 Å². The Kier molecular flexibility index (Phi) is 2.72. The van der Waals surface area contributed by atoms with Gasteiger partial charge in [0, 0.05) is 13.2 Å². The van der Waals surface area contributed by atoms with Gasteiger partial charge < -0.3 is 15.2 Å². The van der Waals surface area contributed by atoms with Gasteiger partial charge in [-0.1, -0.05) is 5.16 Å². The first-order chi connectivity index (χ1) is 7.38. The van der Waals surface area contributed by atoms with Gasteiger partial charge >= 0.3 is 0 Å². The summed E-state index contributed by atoms with van der Waals surface area (Å²) in [7, 11) is 1.76. The van der Waals surface area contributed by atoms with Gasteiger partial charge in [-0.05, 0) is 6.07 Å². The van der Waals surface area contributed by atoms with Crippen molar-refractivity contribution in [2.45, 2.75) is 6.54 Å². The zero-order valence-corrected chi connectivity index (χ0v) is 8.14. The van der Waals surface area contributed by atoms with Crippen LogP contribution in [-0.4, -0.2) is 27.2 Å². The Morgan fingerprint density at radius 2 is 2.33 bits per heavy atom. The van der Waals surface area contributed by atoms with Crippen LogP contribution < -0.4 is 10.6 Å². The van der Waals surface area contributed by atoms with Gasteiger partial charge in [0.05, 0.1) is 6.54 Å². The quantitative estimate of drug-likeness (QED) is 0.753. The highest BCUT2D eigenvalue weighted by atomic mass is 16.5. The SMILES string of the molecule is CNc1nccc(NCc2ncon2)n1. The summed E-state index contributed by atoms with van der Waals surface area (Å²) in [5.74, 6) is 1.85. The number of hydrogen-bond donors (Lipinski definition) is 2. The highest BCUT2D eigenvalue weighted by molar-refractivity contribution is 5.39. The molecule has 7 heteroatoms. The van der Waals surface area contributed by atoms with E-state index in [1.54, 1.807) is 19.3 Å². The molecule has 0 aliphatic heterocycles. The van der Waals surface area contributed by atoms with Crippen LogP contribution in [0.4, 0.5) is 11.8 Å². The highest BCUT2D eigenvalue weighted by Crippen LogP contribution is 2.05. The van der Waals surface area contributed by atoms with E-state index in [0.29, 0.717) is 24.1 Å². The Bertz CT molecular complexity index is 415. The van der Waals surface area contributed by atoms with Crippen LogP contribution >= 0.6 is 0 Å². The first kappa shape index (κ1) is 9.38. The molecule has 0 aromatic carbocycles. The number of aromatic nitrogens is 4. The predicted molar refractivity (Wildman–Crippen MR) is 53.2 cm³/mol. The molecule has 0 fully saturated rings. The van der Waals surface area contributed by atoms with Gasteiger partial charge in [-0.3, -0.25) is 0 Å². The van der Waals surface area contributed by atoms with Gasteiger partial charge in [0.1, 0.15) is 5.82 Å². The minimum absolute atomic E-state index is 0.469. The monoisotopic (exact) mass is 206 g/mol. The lowest BCUT2D eigenvalue weighted by Crippen LogP contribution is -2.05. The van der Waals surface area contributed by atoms with E-state index in [1.165, 1.54) is 6.39 Å². The van der Waals surface area contributed by atoms with Crippen LogP contribution in [0.3, 0.4) is 0 Å². The lowest BCUT2D eigenvalue weighted by molar-refractivity contribution is 0.411. The maximum atomic E-state index is 4.60. The summed E-state index contributed by atoms with van der Waals surface area (Å²) in [6.07, 6.45) is 2.95. The van der Waals surface area contributed by atoms with E-state index in [-0.39, 0.29) is 0 Å². The van der Waals surface area contributed by atoms with Gasteiger partial charge in [0.2, 0.25) is 12.3 Å². The van der Waals surface area contributed by atoms with E-state index in [0.717, 1.165) is 0 Å². The summed E-state index contributed by atoms with van der Waals surface area (Å²) in [4.78, 5) is 12.0. The van der Waals surface area contributed by atoms with Crippen molar-refractivity contribution < 1.29 is 4.52 Å². The molecule has 0 amide bonds. The second kappa shape index (κ2) is 4.36. The lowest BCUT2D eigenvalue weighted by Gasteiger charge is -2.03. The van der Waals surface area contributed by atoms with Crippen molar-refractivity contribution in [3.63, 3.8) is 0 Å². The summed E-state index contributed by atoms with van der Waals surface area (Å²) in [5, 5.41) is 9.56. The summed E-state index contributed by atoms with van der Waals surface area (Å²) in [5.41, 5.74) is 0. The first-order valence-electron chi connectivity index (χ1n) is 4.38. The minimum atomic E-state index is 0.469. The molecule has 0 aliphatic carbocycles. The molecule has 0 unspecified atom stereocenters. The van der Waals surface area contributed by atoms with Crippen molar-refractivity contribution in [1.29, 1.82) is 0 Å². The molecule has 0 bridgehead atoms. The fourth-order valence-corrected chi connectivity index (χ4v) is 1.02. The van der Waals surface area contributed by atoms with Gasteiger partial charge in [-0.15, -0.1) is 0 Å². The standard InChI is InChI=1S/C8H10N6O/c1-9-8-10-3-2-6(13-8)11-4-7-12-5-15-14-7/h2-3,5H,4H2,1H3,(H2,9,10,11,13). The number of hydrogen-bond acceptors (Lipinski definition) is 7. The topological polar surface area (TPSA) is 88.8 Å². The molecular formula is C8H10N6O. The second-order valence-corrected chi connectivity index (χ2v) is 2.72. The second-order valence-electron chi connectivity index (χ2n) is 2.72. The molecule has 2 aromatic rings. The smallest absolute Gasteiger partial charge is 0.224 e. The Hall–Kier alpha value is -2.18. The molecule has 0 spiro atoms. The molecule has 2 rings (SSSR count). The molecule has 0 saturated heterocycles. The summed E-state index contributed by atoms with van der Waals surface area (Å²) in [6, 6.07) is 1.76. The molecule has 0 atom stereocenters. The summed E-state index contributed by atoms with van der Waals surface area (Å²) >= 11 is 0. The Labute approximate surface area is 85.9 Å². The maximum absolute atomic E-state index is 4.60. The van der Waals surface area contributed by atoms with Crippen molar-refractivity contribution in [3.8, 4) is 0 Å². The fraction of sp³-hybridized carbons (Fsp3) is 0.250. The summed E-state index contributed by atoms with van der Waals surface area (Å²) in [6.45, 7) is 0.469. The molecule has 0 saturated carbocycles. The van der Waals surface area contributed by atoms with E-state index < -0.39 is 0 Å². The van der Waals surface area contributed by atoms with Gasteiger partial charge in [0.25, 0.3) is 0 Å². The number of anilines is 2. The van der Waals surface area contributed by atoms with Gasteiger partial charge in [0.15, 0.2) is 5.82 Å². The molecule has 2 heterocycles. The van der Waals surface area contributed by atoms with Crippen LogP contribution in [0.5, 0.6) is 0 Å². The average molecular weight is 206 g/mol. The largest absolute Gasteiger partial charge is 0.362 e. The Morgan fingerprint density at radius 1 is 1.40 bits per heavy atom. The van der Waals surface area contributed by atoms with Crippen molar-refractivity contribution in [2.75, 3.05) is 17.7 Å².